The molecule has 3 heteroatoms. The summed E-state index contributed by atoms with van der Waals surface area (Å²) in [5.74, 6) is 0. The van der Waals surface area contributed by atoms with Gasteiger partial charge in [-0.25, -0.2) is 0 Å². The second-order valence-corrected chi connectivity index (χ2v) is 3.01. The van der Waals surface area contributed by atoms with Crippen molar-refractivity contribution in [3.63, 3.8) is 0 Å². The Morgan fingerprint density at radius 3 is 2.25 bits per heavy atom. The standard InChI is InChI=1S/C5H8O2S/c6-8(7)5-3-1-2-4-5/h1-2,5H,3-4H2,(H,6,7)/p-1. The molecule has 2 nitrogen and oxygen atoms in total. The molecule has 0 N–H and O–H groups in total. The van der Waals surface area contributed by atoms with Crippen molar-refractivity contribution in [2.45, 2.75) is 18.1 Å². The fourth-order valence-electron chi connectivity index (χ4n) is 0.749. The lowest BCUT2D eigenvalue weighted by molar-refractivity contribution is 0.523. The first-order valence-electron chi connectivity index (χ1n) is 2.54. The summed E-state index contributed by atoms with van der Waals surface area (Å²) in [6.07, 6.45) is 5.22. The SMILES string of the molecule is O=S([O-])C1CC=CC1. The van der Waals surface area contributed by atoms with Crippen LogP contribution in [0.15, 0.2) is 12.2 Å². The molecule has 0 amide bonds. The summed E-state index contributed by atoms with van der Waals surface area (Å²) in [7, 11) is 0. The van der Waals surface area contributed by atoms with Crippen molar-refractivity contribution < 1.29 is 8.76 Å². The molecule has 1 unspecified atom stereocenters. The summed E-state index contributed by atoms with van der Waals surface area (Å²) >= 11 is -1.85. The molecule has 0 aromatic heterocycles. The van der Waals surface area contributed by atoms with Crippen LogP contribution in [0, 0.1) is 0 Å². The molecule has 0 radical (unpaired) electrons. The van der Waals surface area contributed by atoms with Crippen LogP contribution in [0.2, 0.25) is 0 Å². The van der Waals surface area contributed by atoms with Crippen LogP contribution >= 0.6 is 0 Å². The van der Waals surface area contributed by atoms with E-state index in [4.69, 9.17) is 0 Å². The Kier molecular flexibility index (Phi) is 1.81. The molecule has 46 valence electrons. The molecule has 8 heavy (non-hydrogen) atoms. The molecule has 0 aliphatic heterocycles. The highest BCUT2D eigenvalue weighted by Crippen LogP contribution is 2.13. The third kappa shape index (κ3) is 1.17. The molecule has 0 spiro atoms. The second-order valence-electron chi connectivity index (χ2n) is 1.83. The van der Waals surface area contributed by atoms with Crippen molar-refractivity contribution in [1.82, 2.24) is 0 Å². The van der Waals surface area contributed by atoms with Crippen molar-refractivity contribution in [3.05, 3.63) is 12.2 Å². The van der Waals surface area contributed by atoms with Gasteiger partial charge in [-0.2, -0.15) is 0 Å². The largest absolute Gasteiger partial charge is 0.772 e. The normalized spacial score (nSPS) is 24.1. The summed E-state index contributed by atoms with van der Waals surface area (Å²) in [4.78, 5) is 0. The predicted octanol–water partition coefficient (Wildman–Crippen LogP) is 0.584. The summed E-state index contributed by atoms with van der Waals surface area (Å²) in [6.45, 7) is 0. The molecule has 0 bridgehead atoms. The average Bonchev–Trinajstić information content (AvgIpc) is 2.12. The number of allylic oxidation sites excluding steroid dienone is 2. The minimum atomic E-state index is -1.85. The maximum Gasteiger partial charge on any atom is 0.0284 e. The van der Waals surface area contributed by atoms with Gasteiger partial charge in [0.25, 0.3) is 0 Å². The number of hydrogen-bond donors (Lipinski definition) is 0. The van der Waals surface area contributed by atoms with Crippen LogP contribution in [0.25, 0.3) is 0 Å². The van der Waals surface area contributed by atoms with Crippen LogP contribution in [0.5, 0.6) is 0 Å². The summed E-state index contributed by atoms with van der Waals surface area (Å²) in [5, 5.41) is -0.130. The predicted molar refractivity (Wildman–Crippen MR) is 31.1 cm³/mol. The third-order valence-corrected chi connectivity index (χ3v) is 2.17. The van der Waals surface area contributed by atoms with E-state index in [1.165, 1.54) is 0 Å². The molecule has 1 aliphatic rings. The number of rotatable bonds is 1. The van der Waals surface area contributed by atoms with Crippen molar-refractivity contribution in [2.24, 2.45) is 0 Å². The Morgan fingerprint density at radius 1 is 1.50 bits per heavy atom. The third-order valence-electron chi connectivity index (χ3n) is 1.24. The average molecular weight is 131 g/mol. The minimum absolute atomic E-state index is 0.130. The first kappa shape index (κ1) is 5.98. The Bertz CT molecular complexity index is 122. The van der Waals surface area contributed by atoms with Crippen LogP contribution in [0.1, 0.15) is 12.8 Å². The zero-order valence-electron chi connectivity index (χ0n) is 4.37. The van der Waals surface area contributed by atoms with Gasteiger partial charge >= 0.3 is 0 Å². The van der Waals surface area contributed by atoms with Crippen LogP contribution in [0.4, 0.5) is 0 Å². The maximum absolute atomic E-state index is 10.2. The molecule has 0 aromatic rings. The highest BCUT2D eigenvalue weighted by Gasteiger charge is 2.08. The van der Waals surface area contributed by atoms with Gasteiger partial charge in [0.2, 0.25) is 0 Å². The van der Waals surface area contributed by atoms with Gasteiger partial charge in [0.1, 0.15) is 0 Å². The highest BCUT2D eigenvalue weighted by atomic mass is 32.2. The monoisotopic (exact) mass is 131 g/mol. The van der Waals surface area contributed by atoms with E-state index in [0.29, 0.717) is 12.8 Å². The summed E-state index contributed by atoms with van der Waals surface area (Å²) in [5.41, 5.74) is 0. The van der Waals surface area contributed by atoms with Crippen LogP contribution in [-0.2, 0) is 11.1 Å². The smallest absolute Gasteiger partial charge is 0.0284 e. The highest BCUT2D eigenvalue weighted by molar-refractivity contribution is 7.79. The van der Waals surface area contributed by atoms with Crippen LogP contribution in [-0.4, -0.2) is 14.0 Å². The van der Waals surface area contributed by atoms with E-state index in [9.17, 15) is 8.76 Å². The lowest BCUT2D eigenvalue weighted by Gasteiger charge is -2.10. The number of hydrogen-bond acceptors (Lipinski definition) is 2. The first-order chi connectivity index (χ1) is 3.80. The molecule has 0 saturated carbocycles. The lowest BCUT2D eigenvalue weighted by atomic mass is 10.4. The minimum Gasteiger partial charge on any atom is -0.772 e. The zero-order valence-corrected chi connectivity index (χ0v) is 5.19. The van der Waals surface area contributed by atoms with Gasteiger partial charge < -0.3 is 4.55 Å². The molecule has 0 saturated heterocycles. The molecule has 1 aliphatic carbocycles. The molecule has 1 rings (SSSR count). The van der Waals surface area contributed by atoms with Gasteiger partial charge in [-0.15, -0.1) is 0 Å². The maximum atomic E-state index is 10.2. The fraction of sp³-hybridized carbons (Fsp3) is 0.600. The Hall–Kier alpha value is -0.150. The van der Waals surface area contributed by atoms with E-state index in [-0.39, 0.29) is 5.25 Å². The van der Waals surface area contributed by atoms with E-state index in [2.05, 4.69) is 0 Å². The second kappa shape index (κ2) is 2.42. The molecule has 0 aromatic carbocycles. The molecule has 1 atom stereocenters. The first-order valence-corrected chi connectivity index (χ1v) is 3.67. The van der Waals surface area contributed by atoms with Crippen molar-refractivity contribution >= 4 is 11.1 Å². The Morgan fingerprint density at radius 2 is 2.00 bits per heavy atom. The van der Waals surface area contributed by atoms with Gasteiger partial charge in [0.05, 0.1) is 0 Å². The Balaban J connectivity index is 2.41. The van der Waals surface area contributed by atoms with Gasteiger partial charge in [-0.1, -0.05) is 23.2 Å². The Labute approximate surface area is 50.9 Å². The van der Waals surface area contributed by atoms with E-state index in [0.717, 1.165) is 0 Å². The van der Waals surface area contributed by atoms with E-state index in [1.54, 1.807) is 0 Å². The van der Waals surface area contributed by atoms with Crippen molar-refractivity contribution in [2.75, 3.05) is 0 Å². The van der Waals surface area contributed by atoms with E-state index < -0.39 is 11.1 Å². The van der Waals surface area contributed by atoms with Gasteiger partial charge in [-0.05, 0) is 12.8 Å². The summed E-state index contributed by atoms with van der Waals surface area (Å²) < 4.78 is 20.3. The van der Waals surface area contributed by atoms with Crippen LogP contribution in [0.3, 0.4) is 0 Å². The van der Waals surface area contributed by atoms with Crippen molar-refractivity contribution in [1.29, 1.82) is 0 Å². The molecular weight excluding hydrogens is 124 g/mol. The summed E-state index contributed by atoms with van der Waals surface area (Å²) in [6, 6.07) is 0. The van der Waals surface area contributed by atoms with E-state index >= 15 is 0 Å². The van der Waals surface area contributed by atoms with E-state index in [1.807, 2.05) is 12.2 Å². The molecule has 0 fully saturated rings. The quantitative estimate of drug-likeness (QED) is 0.386. The lowest BCUT2D eigenvalue weighted by Crippen LogP contribution is -2.08. The fourth-order valence-corrected chi connectivity index (χ4v) is 1.29. The van der Waals surface area contributed by atoms with Crippen LogP contribution < -0.4 is 0 Å². The van der Waals surface area contributed by atoms with Gasteiger partial charge in [-0.3, -0.25) is 4.21 Å². The topological polar surface area (TPSA) is 40.1 Å². The van der Waals surface area contributed by atoms with Gasteiger partial charge in [0.15, 0.2) is 0 Å². The molecular formula is C5H7O2S-. The molecule has 0 heterocycles. The van der Waals surface area contributed by atoms with Gasteiger partial charge in [0, 0.05) is 5.25 Å². The van der Waals surface area contributed by atoms with Crippen molar-refractivity contribution in [3.8, 4) is 0 Å². The zero-order chi connectivity index (χ0) is 5.98.